The van der Waals surface area contributed by atoms with Crippen LogP contribution < -0.4 is 10.2 Å². The summed E-state index contributed by atoms with van der Waals surface area (Å²) in [6, 6.07) is 5.44. The highest BCUT2D eigenvalue weighted by Crippen LogP contribution is 2.27. The zero-order valence-corrected chi connectivity index (χ0v) is 17.1. The van der Waals surface area contributed by atoms with Crippen LogP contribution in [-0.2, 0) is 9.47 Å². The number of piperazine rings is 1. The number of aliphatic hydroxyl groups excluding tert-OH is 2. The fourth-order valence-corrected chi connectivity index (χ4v) is 4.45. The van der Waals surface area contributed by atoms with Crippen molar-refractivity contribution < 1.29 is 24.5 Å². The van der Waals surface area contributed by atoms with Gasteiger partial charge in [0.1, 0.15) is 18.0 Å². The number of carbonyl (C=O) groups is 1. The van der Waals surface area contributed by atoms with Gasteiger partial charge in [0.25, 0.3) is 0 Å². The number of hydrogen-bond donors (Lipinski definition) is 3. The maximum absolute atomic E-state index is 12.4. The highest BCUT2D eigenvalue weighted by Gasteiger charge is 2.46. The van der Waals surface area contributed by atoms with Gasteiger partial charge < -0.3 is 34.8 Å². The molecule has 10 nitrogen and oxygen atoms in total. The molecule has 30 heavy (non-hydrogen) atoms. The number of aromatic nitrogens is 1. The minimum atomic E-state index is -0.804. The van der Waals surface area contributed by atoms with Crippen molar-refractivity contribution in [2.75, 3.05) is 70.5 Å². The zero-order chi connectivity index (χ0) is 20.9. The lowest BCUT2D eigenvalue weighted by Crippen LogP contribution is -2.58. The lowest BCUT2D eigenvalue weighted by Gasteiger charge is -2.40. The van der Waals surface area contributed by atoms with Crippen molar-refractivity contribution in [3.05, 3.63) is 24.4 Å². The average Bonchev–Trinajstić information content (AvgIpc) is 3.14. The van der Waals surface area contributed by atoms with Gasteiger partial charge >= 0.3 is 6.03 Å². The van der Waals surface area contributed by atoms with E-state index in [2.05, 4.69) is 20.1 Å². The molecule has 3 aliphatic heterocycles. The number of urea groups is 1. The largest absolute Gasteiger partial charge is 0.394 e. The number of ether oxygens (including phenoxy) is 2. The smallest absolute Gasteiger partial charge is 0.317 e. The maximum atomic E-state index is 12.4. The summed E-state index contributed by atoms with van der Waals surface area (Å²) in [6.07, 6.45) is -0.0469. The van der Waals surface area contributed by atoms with Crippen LogP contribution in [0.1, 0.15) is 0 Å². The Morgan fingerprint density at radius 2 is 1.90 bits per heavy atom. The molecule has 0 bridgehead atoms. The molecular formula is C20H31N5O5. The number of carbonyl (C=O) groups excluding carboxylic acids is 1. The van der Waals surface area contributed by atoms with Crippen molar-refractivity contribution in [3.63, 3.8) is 0 Å². The molecule has 3 aliphatic rings. The van der Waals surface area contributed by atoms with Crippen LogP contribution in [0.2, 0.25) is 0 Å². The molecule has 0 radical (unpaired) electrons. The van der Waals surface area contributed by atoms with Crippen LogP contribution in [-0.4, -0.2) is 121 Å². The van der Waals surface area contributed by atoms with Gasteiger partial charge in [0.05, 0.1) is 32.0 Å². The van der Waals surface area contributed by atoms with E-state index in [0.717, 1.165) is 32.0 Å². The third kappa shape index (κ3) is 4.68. The molecule has 0 spiro atoms. The average molecular weight is 421 g/mol. The van der Waals surface area contributed by atoms with E-state index in [4.69, 9.17) is 9.47 Å². The Hall–Kier alpha value is -1.98. The Kier molecular flexibility index (Phi) is 7.00. The number of nitrogens with zero attached hydrogens (tertiary/aromatic N) is 4. The Labute approximate surface area is 176 Å². The normalized spacial score (nSPS) is 30.5. The van der Waals surface area contributed by atoms with E-state index in [0.29, 0.717) is 26.3 Å². The van der Waals surface area contributed by atoms with Gasteiger partial charge in [-0.25, -0.2) is 9.78 Å². The SMILES string of the molecule is O=C(NC[C@H]1O[C@@H](CO)[C@@H](O)[C@H]1N1CCN(c2ccccn2)CC1)N1CCOCC1. The first-order valence-corrected chi connectivity index (χ1v) is 10.6. The van der Waals surface area contributed by atoms with E-state index in [-0.39, 0.29) is 31.3 Å². The quantitative estimate of drug-likeness (QED) is 0.540. The third-order valence-corrected chi connectivity index (χ3v) is 6.10. The monoisotopic (exact) mass is 421 g/mol. The second kappa shape index (κ2) is 9.88. The van der Waals surface area contributed by atoms with E-state index < -0.39 is 12.2 Å². The Bertz CT molecular complexity index is 681. The minimum Gasteiger partial charge on any atom is -0.394 e. The number of pyridine rings is 1. The summed E-state index contributed by atoms with van der Waals surface area (Å²) < 4.78 is 11.2. The highest BCUT2D eigenvalue weighted by molar-refractivity contribution is 5.74. The van der Waals surface area contributed by atoms with Crippen LogP contribution >= 0.6 is 0 Å². The Morgan fingerprint density at radius 3 is 2.57 bits per heavy atom. The number of hydrogen-bond acceptors (Lipinski definition) is 8. The second-order valence-corrected chi connectivity index (χ2v) is 7.87. The lowest BCUT2D eigenvalue weighted by molar-refractivity contribution is -0.0211. The van der Waals surface area contributed by atoms with Gasteiger partial charge in [-0.3, -0.25) is 4.90 Å². The maximum Gasteiger partial charge on any atom is 0.317 e. The highest BCUT2D eigenvalue weighted by atomic mass is 16.5. The van der Waals surface area contributed by atoms with Crippen molar-refractivity contribution >= 4 is 11.8 Å². The van der Waals surface area contributed by atoms with Crippen molar-refractivity contribution in [1.29, 1.82) is 0 Å². The molecule has 0 unspecified atom stereocenters. The number of amides is 2. The minimum absolute atomic E-state index is 0.150. The van der Waals surface area contributed by atoms with Crippen LogP contribution in [0, 0.1) is 0 Å². The summed E-state index contributed by atoms with van der Waals surface area (Å²) in [5.74, 6) is 0.947. The van der Waals surface area contributed by atoms with Gasteiger partial charge in [0, 0.05) is 52.0 Å². The molecule has 166 valence electrons. The molecule has 2 amide bonds. The van der Waals surface area contributed by atoms with Gasteiger partial charge in [-0.1, -0.05) is 6.07 Å². The second-order valence-electron chi connectivity index (χ2n) is 7.87. The predicted molar refractivity (Wildman–Crippen MR) is 109 cm³/mol. The fourth-order valence-electron chi connectivity index (χ4n) is 4.45. The van der Waals surface area contributed by atoms with Crippen LogP contribution in [0.3, 0.4) is 0 Å². The molecule has 3 N–H and O–H groups in total. The van der Waals surface area contributed by atoms with Crippen LogP contribution in [0.15, 0.2) is 24.4 Å². The molecule has 0 aromatic carbocycles. The van der Waals surface area contributed by atoms with Crippen molar-refractivity contribution in [2.45, 2.75) is 24.4 Å². The standard InChI is InChI=1S/C20H31N5O5/c26-14-16-19(27)18(15(30-16)13-22-20(28)25-9-11-29-12-10-25)24-7-5-23(6-8-24)17-3-1-2-4-21-17/h1-4,15-16,18-19,26-27H,5-14H2,(H,22,28)/t15-,16+,18+,19-/m1/s1. The first kappa shape index (κ1) is 21.3. The molecule has 4 heterocycles. The summed E-state index contributed by atoms with van der Waals surface area (Å²) in [6.45, 7) is 5.32. The lowest BCUT2D eigenvalue weighted by atomic mass is 10.0. The molecule has 1 aromatic heterocycles. The van der Waals surface area contributed by atoms with Gasteiger partial charge in [-0.05, 0) is 12.1 Å². The molecule has 3 saturated heterocycles. The summed E-state index contributed by atoms with van der Waals surface area (Å²) in [4.78, 5) is 23.0. The van der Waals surface area contributed by atoms with Crippen LogP contribution in [0.4, 0.5) is 10.6 Å². The van der Waals surface area contributed by atoms with E-state index in [1.807, 2.05) is 18.2 Å². The Morgan fingerprint density at radius 1 is 1.13 bits per heavy atom. The molecule has 4 rings (SSSR count). The van der Waals surface area contributed by atoms with Gasteiger partial charge in [0.2, 0.25) is 0 Å². The molecular weight excluding hydrogens is 390 g/mol. The van der Waals surface area contributed by atoms with E-state index in [9.17, 15) is 15.0 Å². The molecule has 3 fully saturated rings. The zero-order valence-electron chi connectivity index (χ0n) is 17.1. The van der Waals surface area contributed by atoms with Crippen LogP contribution in [0.5, 0.6) is 0 Å². The molecule has 1 aromatic rings. The molecule has 0 saturated carbocycles. The predicted octanol–water partition coefficient (Wildman–Crippen LogP) is -1.27. The molecule has 4 atom stereocenters. The number of aliphatic hydroxyl groups is 2. The number of nitrogens with one attached hydrogen (secondary N) is 1. The van der Waals surface area contributed by atoms with Crippen LogP contribution in [0.25, 0.3) is 0 Å². The number of rotatable bonds is 5. The topological polar surface area (TPSA) is 111 Å². The van der Waals surface area contributed by atoms with E-state index in [1.165, 1.54) is 0 Å². The number of morpholine rings is 1. The molecule has 0 aliphatic carbocycles. The number of anilines is 1. The van der Waals surface area contributed by atoms with E-state index in [1.54, 1.807) is 11.1 Å². The van der Waals surface area contributed by atoms with Gasteiger partial charge in [0.15, 0.2) is 0 Å². The van der Waals surface area contributed by atoms with Crippen molar-refractivity contribution in [3.8, 4) is 0 Å². The fraction of sp³-hybridized carbons (Fsp3) is 0.700. The summed E-state index contributed by atoms with van der Waals surface area (Å²) >= 11 is 0. The van der Waals surface area contributed by atoms with Gasteiger partial charge in [-0.15, -0.1) is 0 Å². The van der Waals surface area contributed by atoms with Crippen molar-refractivity contribution in [2.24, 2.45) is 0 Å². The Balaban J connectivity index is 1.35. The summed E-state index contributed by atoms with van der Waals surface area (Å²) in [5, 5.41) is 23.3. The summed E-state index contributed by atoms with van der Waals surface area (Å²) in [5.41, 5.74) is 0. The van der Waals surface area contributed by atoms with Crippen molar-refractivity contribution in [1.82, 2.24) is 20.1 Å². The first-order valence-electron chi connectivity index (χ1n) is 10.6. The third-order valence-electron chi connectivity index (χ3n) is 6.10. The molecule has 10 heteroatoms. The first-order chi connectivity index (χ1) is 14.7. The van der Waals surface area contributed by atoms with E-state index >= 15 is 0 Å². The van der Waals surface area contributed by atoms with Gasteiger partial charge in [-0.2, -0.15) is 0 Å². The summed E-state index contributed by atoms with van der Waals surface area (Å²) in [7, 11) is 0.